The highest BCUT2D eigenvalue weighted by Gasteiger charge is 2.14. The largest absolute Gasteiger partial charge is 0.267 e. The second-order valence-corrected chi connectivity index (χ2v) is 6.13. The van der Waals surface area contributed by atoms with Gasteiger partial charge in [0.25, 0.3) is 0 Å². The van der Waals surface area contributed by atoms with E-state index < -0.39 is 0 Å². The van der Waals surface area contributed by atoms with Crippen molar-refractivity contribution >= 4 is 22.6 Å². The van der Waals surface area contributed by atoms with Gasteiger partial charge in [-0.05, 0) is 39.0 Å². The molecule has 3 heterocycles. The zero-order chi connectivity index (χ0) is 14.3. The van der Waals surface area contributed by atoms with E-state index in [0.717, 1.165) is 22.2 Å². The predicted octanol–water partition coefficient (Wildman–Crippen LogP) is 3.90. The fourth-order valence-corrected chi connectivity index (χ4v) is 2.13. The van der Waals surface area contributed by atoms with Crippen molar-refractivity contribution in [3.05, 3.63) is 41.9 Å². The quantitative estimate of drug-likeness (QED) is 0.637. The number of hydrogen-bond donors (Lipinski definition) is 0. The van der Waals surface area contributed by atoms with Crippen molar-refractivity contribution in [1.82, 2.24) is 19.7 Å². The van der Waals surface area contributed by atoms with Crippen LogP contribution in [-0.2, 0) is 5.54 Å². The summed E-state index contributed by atoms with van der Waals surface area (Å²) in [4.78, 5) is 8.71. The lowest BCUT2D eigenvalue weighted by Gasteiger charge is -2.18. The summed E-state index contributed by atoms with van der Waals surface area (Å²) in [5.74, 6) is 0. The standard InChI is InChI=1S/C15H15ClN4/c1-15(2,3)20-9-11(8-18-20)10-6-13-12(17-7-10)4-5-14(16)19-13/h4-9H,1-3H3. The van der Waals surface area contributed by atoms with E-state index in [-0.39, 0.29) is 5.54 Å². The first kappa shape index (κ1) is 13.1. The van der Waals surface area contributed by atoms with Crippen LogP contribution in [0.25, 0.3) is 22.2 Å². The summed E-state index contributed by atoms with van der Waals surface area (Å²) >= 11 is 5.93. The Morgan fingerprint density at radius 1 is 1.05 bits per heavy atom. The molecule has 3 aromatic rings. The zero-order valence-corrected chi connectivity index (χ0v) is 12.4. The molecule has 0 aromatic carbocycles. The SMILES string of the molecule is CC(C)(C)n1cc(-c2cnc3ccc(Cl)nc3c2)cn1. The molecule has 0 fully saturated rings. The van der Waals surface area contributed by atoms with Gasteiger partial charge >= 0.3 is 0 Å². The van der Waals surface area contributed by atoms with E-state index in [2.05, 4.69) is 35.8 Å². The van der Waals surface area contributed by atoms with Gasteiger partial charge in [-0.3, -0.25) is 9.67 Å². The fraction of sp³-hybridized carbons (Fsp3) is 0.267. The minimum Gasteiger partial charge on any atom is -0.267 e. The van der Waals surface area contributed by atoms with E-state index in [0.29, 0.717) is 5.15 Å². The van der Waals surface area contributed by atoms with Gasteiger partial charge in [-0.2, -0.15) is 5.10 Å². The molecule has 0 saturated heterocycles. The Morgan fingerprint density at radius 2 is 1.85 bits per heavy atom. The normalized spacial score (nSPS) is 12.0. The van der Waals surface area contributed by atoms with E-state index in [1.165, 1.54) is 0 Å². The van der Waals surface area contributed by atoms with Gasteiger partial charge in [-0.1, -0.05) is 11.6 Å². The number of nitrogens with zero attached hydrogens (tertiary/aromatic N) is 4. The number of aromatic nitrogens is 4. The van der Waals surface area contributed by atoms with Crippen LogP contribution in [0.3, 0.4) is 0 Å². The number of pyridine rings is 2. The fourth-order valence-electron chi connectivity index (χ4n) is 1.98. The molecule has 0 unspecified atom stereocenters. The van der Waals surface area contributed by atoms with Gasteiger partial charge in [-0.15, -0.1) is 0 Å². The van der Waals surface area contributed by atoms with Crippen molar-refractivity contribution in [2.45, 2.75) is 26.3 Å². The van der Waals surface area contributed by atoms with Gasteiger partial charge < -0.3 is 0 Å². The van der Waals surface area contributed by atoms with Gasteiger partial charge in [0, 0.05) is 23.5 Å². The van der Waals surface area contributed by atoms with Gasteiger partial charge in [0.15, 0.2) is 0 Å². The Kier molecular flexibility index (Phi) is 2.98. The first-order valence-corrected chi connectivity index (χ1v) is 6.79. The van der Waals surface area contributed by atoms with Crippen molar-refractivity contribution in [2.24, 2.45) is 0 Å². The molecule has 102 valence electrons. The Balaban J connectivity index is 2.08. The van der Waals surface area contributed by atoms with E-state index in [1.807, 2.05) is 35.4 Å². The smallest absolute Gasteiger partial charge is 0.129 e. The van der Waals surface area contributed by atoms with Crippen molar-refractivity contribution < 1.29 is 0 Å². The molecule has 3 rings (SSSR count). The second-order valence-electron chi connectivity index (χ2n) is 5.74. The highest BCUT2D eigenvalue weighted by atomic mass is 35.5. The molecule has 0 atom stereocenters. The number of rotatable bonds is 1. The van der Waals surface area contributed by atoms with Crippen molar-refractivity contribution in [1.29, 1.82) is 0 Å². The van der Waals surface area contributed by atoms with Crippen LogP contribution in [0.1, 0.15) is 20.8 Å². The maximum atomic E-state index is 5.93. The lowest BCUT2D eigenvalue weighted by molar-refractivity contribution is 0.355. The lowest BCUT2D eigenvalue weighted by Crippen LogP contribution is -2.21. The zero-order valence-electron chi connectivity index (χ0n) is 11.6. The van der Waals surface area contributed by atoms with Crippen LogP contribution < -0.4 is 0 Å². The predicted molar refractivity (Wildman–Crippen MR) is 80.8 cm³/mol. The van der Waals surface area contributed by atoms with Crippen molar-refractivity contribution in [3.8, 4) is 11.1 Å². The molecule has 4 nitrogen and oxygen atoms in total. The average molecular weight is 287 g/mol. The number of halogens is 1. The summed E-state index contributed by atoms with van der Waals surface area (Å²) in [5.41, 5.74) is 3.60. The molecule has 0 amide bonds. The molecule has 0 bridgehead atoms. The van der Waals surface area contributed by atoms with Gasteiger partial charge in [-0.25, -0.2) is 4.98 Å². The maximum absolute atomic E-state index is 5.93. The van der Waals surface area contributed by atoms with Crippen LogP contribution in [-0.4, -0.2) is 19.7 Å². The summed E-state index contributed by atoms with van der Waals surface area (Å²) in [6.45, 7) is 6.34. The minimum atomic E-state index is -0.0376. The Labute approximate surface area is 122 Å². The van der Waals surface area contributed by atoms with Gasteiger partial charge in [0.05, 0.1) is 22.8 Å². The third-order valence-electron chi connectivity index (χ3n) is 3.11. The van der Waals surface area contributed by atoms with Crippen molar-refractivity contribution in [2.75, 3.05) is 0 Å². The molecule has 20 heavy (non-hydrogen) atoms. The molecule has 0 aliphatic heterocycles. The third kappa shape index (κ3) is 2.39. The molecule has 0 spiro atoms. The third-order valence-corrected chi connectivity index (χ3v) is 3.32. The number of hydrogen-bond acceptors (Lipinski definition) is 3. The molecular weight excluding hydrogens is 272 g/mol. The van der Waals surface area contributed by atoms with E-state index in [9.17, 15) is 0 Å². The van der Waals surface area contributed by atoms with E-state index in [1.54, 1.807) is 6.07 Å². The monoisotopic (exact) mass is 286 g/mol. The molecule has 0 radical (unpaired) electrons. The van der Waals surface area contributed by atoms with E-state index in [4.69, 9.17) is 11.6 Å². The van der Waals surface area contributed by atoms with E-state index >= 15 is 0 Å². The Hall–Kier alpha value is -1.94. The average Bonchev–Trinajstić information content (AvgIpc) is 2.87. The molecule has 0 saturated carbocycles. The minimum absolute atomic E-state index is 0.0376. The van der Waals surface area contributed by atoms with Crippen LogP contribution in [0.15, 0.2) is 36.8 Å². The first-order chi connectivity index (χ1) is 9.43. The summed E-state index contributed by atoms with van der Waals surface area (Å²) in [5, 5.41) is 4.88. The summed E-state index contributed by atoms with van der Waals surface area (Å²) < 4.78 is 1.94. The maximum Gasteiger partial charge on any atom is 0.129 e. The highest BCUT2D eigenvalue weighted by Crippen LogP contribution is 2.24. The van der Waals surface area contributed by atoms with Crippen LogP contribution in [0.4, 0.5) is 0 Å². The van der Waals surface area contributed by atoms with Crippen LogP contribution in [0.2, 0.25) is 5.15 Å². The molecule has 0 aliphatic rings. The number of fused-ring (bicyclic) bond motifs is 1. The van der Waals surface area contributed by atoms with Gasteiger partial charge in [0.2, 0.25) is 0 Å². The summed E-state index contributed by atoms with van der Waals surface area (Å²) in [6.07, 6.45) is 5.70. The Bertz CT molecular complexity index is 771. The molecule has 3 aromatic heterocycles. The Morgan fingerprint density at radius 3 is 2.55 bits per heavy atom. The summed E-state index contributed by atoms with van der Waals surface area (Å²) in [6, 6.07) is 5.60. The van der Waals surface area contributed by atoms with Gasteiger partial charge in [0.1, 0.15) is 5.15 Å². The molecular formula is C15H15ClN4. The van der Waals surface area contributed by atoms with Crippen LogP contribution >= 0.6 is 11.6 Å². The van der Waals surface area contributed by atoms with Crippen molar-refractivity contribution in [3.63, 3.8) is 0 Å². The molecule has 0 aliphatic carbocycles. The summed E-state index contributed by atoms with van der Waals surface area (Å²) in [7, 11) is 0. The lowest BCUT2D eigenvalue weighted by atomic mass is 10.1. The first-order valence-electron chi connectivity index (χ1n) is 6.41. The topological polar surface area (TPSA) is 43.6 Å². The second kappa shape index (κ2) is 4.56. The molecule has 5 heteroatoms. The van der Waals surface area contributed by atoms with Crippen LogP contribution in [0.5, 0.6) is 0 Å². The van der Waals surface area contributed by atoms with Crippen LogP contribution in [0, 0.1) is 0 Å². The molecule has 0 N–H and O–H groups in total. The highest BCUT2D eigenvalue weighted by molar-refractivity contribution is 6.29.